The van der Waals surface area contributed by atoms with Gasteiger partial charge in [-0.2, -0.15) is 0 Å². The van der Waals surface area contributed by atoms with Crippen LogP contribution in [0.1, 0.15) is 40.0 Å². The maximum absolute atomic E-state index is 6.03. The lowest BCUT2D eigenvalue weighted by atomic mass is 9.79. The number of hydrogen-bond acceptors (Lipinski definition) is 2. The minimum atomic E-state index is 0.349. The molecule has 3 unspecified atom stereocenters. The lowest BCUT2D eigenvalue weighted by Crippen LogP contribution is -2.39. The van der Waals surface area contributed by atoms with Gasteiger partial charge in [0.05, 0.1) is 0 Å². The highest BCUT2D eigenvalue weighted by atomic mass is 15.2. The zero-order valence-electron chi connectivity index (χ0n) is 9.79. The van der Waals surface area contributed by atoms with Crippen molar-refractivity contribution < 1.29 is 0 Å². The predicted molar refractivity (Wildman–Crippen MR) is 60.1 cm³/mol. The number of likely N-dealkylation sites (tertiary alicyclic amines) is 1. The molecule has 1 aliphatic heterocycles. The summed E-state index contributed by atoms with van der Waals surface area (Å²) in [5.74, 6) is 1.83. The van der Waals surface area contributed by atoms with Crippen LogP contribution in [0.25, 0.3) is 0 Å². The first-order chi connectivity index (χ1) is 6.47. The molecule has 0 bridgehead atoms. The third kappa shape index (κ3) is 1.96. The SMILES string of the molecule is CC(C)(C)N1CC2CCC(N)CC2C1. The fourth-order valence-corrected chi connectivity index (χ4v) is 3.02. The molecule has 2 heteroatoms. The Kier molecular flexibility index (Phi) is 2.61. The van der Waals surface area contributed by atoms with E-state index in [4.69, 9.17) is 5.73 Å². The molecule has 2 fully saturated rings. The van der Waals surface area contributed by atoms with Crippen molar-refractivity contribution in [1.29, 1.82) is 0 Å². The van der Waals surface area contributed by atoms with Crippen molar-refractivity contribution in [2.45, 2.75) is 51.6 Å². The third-order valence-electron chi connectivity index (χ3n) is 4.04. The van der Waals surface area contributed by atoms with Gasteiger partial charge in [0.15, 0.2) is 0 Å². The molecule has 2 rings (SSSR count). The summed E-state index contributed by atoms with van der Waals surface area (Å²) >= 11 is 0. The Morgan fingerprint density at radius 2 is 1.71 bits per heavy atom. The van der Waals surface area contributed by atoms with Gasteiger partial charge in [-0.05, 0) is 51.9 Å². The topological polar surface area (TPSA) is 29.3 Å². The molecule has 1 saturated heterocycles. The van der Waals surface area contributed by atoms with E-state index in [0.717, 1.165) is 11.8 Å². The highest BCUT2D eigenvalue weighted by Gasteiger charge is 2.39. The van der Waals surface area contributed by atoms with Crippen LogP contribution >= 0.6 is 0 Å². The molecule has 3 atom stereocenters. The zero-order chi connectivity index (χ0) is 10.3. The zero-order valence-corrected chi connectivity index (χ0v) is 9.79. The second kappa shape index (κ2) is 3.49. The Bertz CT molecular complexity index is 207. The Morgan fingerprint density at radius 3 is 2.36 bits per heavy atom. The van der Waals surface area contributed by atoms with E-state index in [-0.39, 0.29) is 0 Å². The van der Waals surface area contributed by atoms with Crippen LogP contribution in [0.5, 0.6) is 0 Å². The number of hydrogen-bond donors (Lipinski definition) is 1. The molecule has 0 aromatic rings. The van der Waals surface area contributed by atoms with Gasteiger partial charge in [0.1, 0.15) is 0 Å². The smallest absolute Gasteiger partial charge is 0.0125 e. The van der Waals surface area contributed by atoms with Gasteiger partial charge in [-0.15, -0.1) is 0 Å². The molecule has 0 amide bonds. The Balaban J connectivity index is 1.99. The average molecular weight is 196 g/mol. The van der Waals surface area contributed by atoms with Crippen LogP contribution < -0.4 is 5.73 Å². The van der Waals surface area contributed by atoms with Crippen molar-refractivity contribution in [2.75, 3.05) is 13.1 Å². The van der Waals surface area contributed by atoms with Crippen LogP contribution in [0.2, 0.25) is 0 Å². The molecule has 0 aromatic carbocycles. The molecular formula is C12H24N2. The third-order valence-corrected chi connectivity index (χ3v) is 4.04. The lowest BCUT2D eigenvalue weighted by molar-refractivity contribution is 0.165. The van der Waals surface area contributed by atoms with E-state index in [9.17, 15) is 0 Å². The summed E-state index contributed by atoms with van der Waals surface area (Å²) in [4.78, 5) is 2.64. The number of rotatable bonds is 0. The van der Waals surface area contributed by atoms with E-state index in [1.807, 2.05) is 0 Å². The maximum Gasteiger partial charge on any atom is 0.0125 e. The standard InChI is InChI=1S/C12H24N2/c1-12(2,3)14-7-9-4-5-11(13)6-10(9)8-14/h9-11H,4-8,13H2,1-3H3. The molecule has 14 heavy (non-hydrogen) atoms. The van der Waals surface area contributed by atoms with E-state index in [2.05, 4.69) is 25.7 Å². The van der Waals surface area contributed by atoms with Gasteiger partial charge in [-0.1, -0.05) is 0 Å². The second-order valence-electron chi connectivity index (χ2n) is 6.17. The van der Waals surface area contributed by atoms with Gasteiger partial charge in [-0.25, -0.2) is 0 Å². The van der Waals surface area contributed by atoms with E-state index in [1.54, 1.807) is 0 Å². The largest absolute Gasteiger partial charge is 0.328 e. The van der Waals surface area contributed by atoms with Gasteiger partial charge >= 0.3 is 0 Å². The monoisotopic (exact) mass is 196 g/mol. The minimum Gasteiger partial charge on any atom is -0.328 e. The predicted octanol–water partition coefficient (Wildman–Crippen LogP) is 1.84. The van der Waals surface area contributed by atoms with Crippen molar-refractivity contribution >= 4 is 0 Å². The van der Waals surface area contributed by atoms with E-state index in [0.29, 0.717) is 11.6 Å². The molecule has 1 saturated carbocycles. The van der Waals surface area contributed by atoms with Crippen LogP contribution in [-0.2, 0) is 0 Å². The summed E-state index contributed by atoms with van der Waals surface area (Å²) in [5, 5.41) is 0. The van der Waals surface area contributed by atoms with Gasteiger partial charge in [-0.3, -0.25) is 4.90 Å². The molecule has 0 aromatic heterocycles. The fraction of sp³-hybridized carbons (Fsp3) is 1.00. The number of nitrogens with two attached hydrogens (primary N) is 1. The molecule has 1 aliphatic carbocycles. The van der Waals surface area contributed by atoms with Gasteiger partial charge < -0.3 is 5.73 Å². The summed E-state index contributed by atoms with van der Waals surface area (Å²) in [6.07, 6.45) is 3.87. The highest BCUT2D eigenvalue weighted by molar-refractivity contribution is 4.94. The molecule has 1 heterocycles. The molecule has 82 valence electrons. The van der Waals surface area contributed by atoms with Crippen molar-refractivity contribution in [2.24, 2.45) is 17.6 Å². The van der Waals surface area contributed by atoms with Crippen LogP contribution in [0.4, 0.5) is 0 Å². The molecule has 2 N–H and O–H groups in total. The summed E-state index contributed by atoms with van der Waals surface area (Å²) in [6.45, 7) is 9.56. The van der Waals surface area contributed by atoms with Crippen molar-refractivity contribution in [3.05, 3.63) is 0 Å². The van der Waals surface area contributed by atoms with Crippen LogP contribution in [-0.4, -0.2) is 29.6 Å². The van der Waals surface area contributed by atoms with Gasteiger partial charge in [0.25, 0.3) is 0 Å². The summed E-state index contributed by atoms with van der Waals surface area (Å²) in [6, 6.07) is 0.483. The van der Waals surface area contributed by atoms with Crippen molar-refractivity contribution in [3.63, 3.8) is 0 Å². The van der Waals surface area contributed by atoms with E-state index < -0.39 is 0 Å². The molecular weight excluding hydrogens is 172 g/mol. The normalized spacial score (nSPS) is 39.9. The number of nitrogens with zero attached hydrogens (tertiary/aromatic N) is 1. The van der Waals surface area contributed by atoms with Gasteiger partial charge in [0, 0.05) is 24.7 Å². The Morgan fingerprint density at radius 1 is 1.07 bits per heavy atom. The van der Waals surface area contributed by atoms with Crippen molar-refractivity contribution in [1.82, 2.24) is 4.90 Å². The maximum atomic E-state index is 6.03. The van der Waals surface area contributed by atoms with E-state index >= 15 is 0 Å². The molecule has 2 aliphatic rings. The van der Waals surface area contributed by atoms with Crippen LogP contribution in [0, 0.1) is 11.8 Å². The second-order valence-corrected chi connectivity index (χ2v) is 6.17. The van der Waals surface area contributed by atoms with E-state index in [1.165, 1.54) is 32.4 Å². The van der Waals surface area contributed by atoms with Gasteiger partial charge in [0.2, 0.25) is 0 Å². The quantitative estimate of drug-likeness (QED) is 0.640. The lowest BCUT2D eigenvalue weighted by Gasteiger charge is -2.31. The first-order valence-electron chi connectivity index (χ1n) is 5.97. The van der Waals surface area contributed by atoms with Crippen LogP contribution in [0.15, 0.2) is 0 Å². The molecule has 0 spiro atoms. The summed E-state index contributed by atoms with van der Waals surface area (Å²) in [5.41, 5.74) is 6.38. The molecule has 2 nitrogen and oxygen atoms in total. The highest BCUT2D eigenvalue weighted by Crippen LogP contribution is 2.38. The van der Waals surface area contributed by atoms with Crippen LogP contribution in [0.3, 0.4) is 0 Å². The summed E-state index contributed by atoms with van der Waals surface area (Å²) < 4.78 is 0. The summed E-state index contributed by atoms with van der Waals surface area (Å²) in [7, 11) is 0. The minimum absolute atomic E-state index is 0.349. The average Bonchev–Trinajstić information content (AvgIpc) is 2.45. The Hall–Kier alpha value is -0.0800. The number of fused-ring (bicyclic) bond motifs is 1. The Labute approximate surface area is 87.8 Å². The first kappa shape index (κ1) is 10.4. The fourth-order valence-electron chi connectivity index (χ4n) is 3.02. The van der Waals surface area contributed by atoms with Crippen molar-refractivity contribution in [3.8, 4) is 0 Å². The first-order valence-corrected chi connectivity index (χ1v) is 5.97. The molecule has 0 radical (unpaired) electrons.